The van der Waals surface area contributed by atoms with Gasteiger partial charge in [-0.15, -0.1) is 0 Å². The average molecular weight is 443 g/mol. The van der Waals surface area contributed by atoms with Crippen molar-refractivity contribution in [3.05, 3.63) is 65.2 Å². The second-order valence-electron chi connectivity index (χ2n) is 6.55. The van der Waals surface area contributed by atoms with E-state index in [4.69, 9.17) is 11.6 Å². The highest BCUT2D eigenvalue weighted by molar-refractivity contribution is 7.22. The van der Waals surface area contributed by atoms with E-state index in [-0.39, 0.29) is 10.9 Å². The summed E-state index contributed by atoms with van der Waals surface area (Å²) >= 11 is 7.22. The third-order valence-corrected chi connectivity index (χ3v) is 5.42. The van der Waals surface area contributed by atoms with Crippen molar-refractivity contribution in [1.82, 2.24) is 19.9 Å². The van der Waals surface area contributed by atoms with E-state index in [9.17, 15) is 9.18 Å². The second kappa shape index (κ2) is 8.21. The van der Waals surface area contributed by atoms with Crippen LogP contribution < -0.4 is 10.6 Å². The van der Waals surface area contributed by atoms with Gasteiger partial charge in [-0.25, -0.2) is 14.4 Å². The summed E-state index contributed by atoms with van der Waals surface area (Å²) in [6.07, 6.45) is 1.40. The van der Waals surface area contributed by atoms with Gasteiger partial charge in [-0.3, -0.25) is 4.79 Å². The number of anilines is 4. The molecule has 0 saturated carbocycles. The van der Waals surface area contributed by atoms with Crippen molar-refractivity contribution in [1.29, 1.82) is 0 Å². The van der Waals surface area contributed by atoms with Gasteiger partial charge in [-0.05, 0) is 42.5 Å². The van der Waals surface area contributed by atoms with Gasteiger partial charge in [0.1, 0.15) is 16.8 Å². The maximum absolute atomic E-state index is 13.4. The van der Waals surface area contributed by atoms with Gasteiger partial charge in [0, 0.05) is 31.0 Å². The van der Waals surface area contributed by atoms with E-state index in [2.05, 4.69) is 25.6 Å². The monoisotopic (exact) mass is 442 g/mol. The first-order valence-electron chi connectivity index (χ1n) is 8.83. The molecule has 2 heterocycles. The smallest absolute Gasteiger partial charge is 0.253 e. The Balaban J connectivity index is 1.57. The SMILES string of the molecule is CN(C)C(=O)c1ccc(Nc2nc3ncnc(Nc4ccc(F)c(Cl)c4)c3s2)cc1. The van der Waals surface area contributed by atoms with E-state index >= 15 is 0 Å². The Bertz CT molecular complexity index is 1230. The number of carbonyl (C=O) groups excluding carboxylic acids is 1. The Labute approximate surface area is 180 Å². The van der Waals surface area contributed by atoms with Crippen LogP contribution in [-0.4, -0.2) is 39.9 Å². The van der Waals surface area contributed by atoms with Gasteiger partial charge in [-0.2, -0.15) is 4.98 Å². The molecule has 4 aromatic rings. The van der Waals surface area contributed by atoms with Crippen LogP contribution in [0.3, 0.4) is 0 Å². The second-order valence-corrected chi connectivity index (χ2v) is 7.96. The Hall–Kier alpha value is -3.30. The van der Waals surface area contributed by atoms with Crippen molar-refractivity contribution in [3.63, 3.8) is 0 Å². The maximum Gasteiger partial charge on any atom is 0.253 e. The molecule has 2 aromatic carbocycles. The average Bonchev–Trinajstić information content (AvgIpc) is 3.14. The third kappa shape index (κ3) is 4.17. The predicted octanol–water partition coefficient (Wildman–Crippen LogP) is 5.07. The van der Waals surface area contributed by atoms with E-state index in [1.807, 2.05) is 12.1 Å². The highest BCUT2D eigenvalue weighted by Crippen LogP contribution is 2.33. The predicted molar refractivity (Wildman–Crippen MR) is 118 cm³/mol. The topological polar surface area (TPSA) is 83.0 Å². The molecule has 1 amide bonds. The number of rotatable bonds is 5. The number of hydrogen-bond acceptors (Lipinski definition) is 7. The minimum absolute atomic E-state index is 0.0214. The third-order valence-electron chi connectivity index (χ3n) is 4.16. The molecule has 0 aliphatic heterocycles. The normalized spacial score (nSPS) is 10.8. The minimum atomic E-state index is -0.488. The number of nitrogens with zero attached hydrogens (tertiary/aromatic N) is 4. The summed E-state index contributed by atoms with van der Waals surface area (Å²) in [4.78, 5) is 26.5. The van der Waals surface area contributed by atoms with E-state index in [0.717, 1.165) is 10.4 Å². The van der Waals surface area contributed by atoms with Crippen LogP contribution in [0, 0.1) is 5.82 Å². The molecule has 2 N–H and O–H groups in total. The summed E-state index contributed by atoms with van der Waals surface area (Å²) in [5.74, 6) is -0.00814. The lowest BCUT2D eigenvalue weighted by molar-refractivity contribution is 0.0827. The van der Waals surface area contributed by atoms with Crippen molar-refractivity contribution in [2.75, 3.05) is 24.7 Å². The van der Waals surface area contributed by atoms with Crippen molar-refractivity contribution >= 4 is 61.5 Å². The lowest BCUT2D eigenvalue weighted by atomic mass is 10.2. The van der Waals surface area contributed by atoms with Crippen LogP contribution >= 0.6 is 22.9 Å². The number of benzene rings is 2. The molecular weight excluding hydrogens is 427 g/mol. The molecule has 0 bridgehead atoms. The van der Waals surface area contributed by atoms with Gasteiger partial charge < -0.3 is 15.5 Å². The van der Waals surface area contributed by atoms with E-state index < -0.39 is 5.82 Å². The number of aromatic nitrogens is 3. The molecule has 7 nitrogen and oxygen atoms in total. The molecule has 152 valence electrons. The fourth-order valence-electron chi connectivity index (χ4n) is 2.68. The fraction of sp³-hybridized carbons (Fsp3) is 0.100. The van der Waals surface area contributed by atoms with Crippen LogP contribution in [0.15, 0.2) is 48.8 Å². The Morgan fingerprint density at radius 2 is 1.80 bits per heavy atom. The number of halogens is 2. The molecule has 0 aliphatic carbocycles. The molecule has 0 atom stereocenters. The van der Waals surface area contributed by atoms with Gasteiger partial charge in [0.25, 0.3) is 5.91 Å². The first-order chi connectivity index (χ1) is 14.4. The molecular formula is C20H16ClFN6OS. The van der Waals surface area contributed by atoms with Crippen molar-refractivity contribution in [2.24, 2.45) is 0 Å². The van der Waals surface area contributed by atoms with Gasteiger partial charge in [0.05, 0.1) is 5.02 Å². The van der Waals surface area contributed by atoms with Crippen LogP contribution in [0.4, 0.5) is 26.7 Å². The number of carbonyl (C=O) groups is 1. The van der Waals surface area contributed by atoms with Crippen LogP contribution in [0.25, 0.3) is 10.3 Å². The maximum atomic E-state index is 13.4. The number of amides is 1. The van der Waals surface area contributed by atoms with Crippen LogP contribution in [0.5, 0.6) is 0 Å². The van der Waals surface area contributed by atoms with Gasteiger partial charge in [0.15, 0.2) is 16.6 Å². The Kier molecular flexibility index (Phi) is 5.47. The van der Waals surface area contributed by atoms with Gasteiger partial charge >= 0.3 is 0 Å². The lowest BCUT2D eigenvalue weighted by Crippen LogP contribution is -2.21. The van der Waals surface area contributed by atoms with E-state index in [0.29, 0.717) is 27.8 Å². The molecule has 10 heteroatoms. The summed E-state index contributed by atoms with van der Waals surface area (Å²) < 4.78 is 14.1. The van der Waals surface area contributed by atoms with Crippen LogP contribution in [0.1, 0.15) is 10.4 Å². The van der Waals surface area contributed by atoms with Crippen molar-refractivity contribution in [3.8, 4) is 0 Å². The van der Waals surface area contributed by atoms with Gasteiger partial charge in [-0.1, -0.05) is 22.9 Å². The summed E-state index contributed by atoms with van der Waals surface area (Å²) in [7, 11) is 3.42. The Morgan fingerprint density at radius 1 is 1.07 bits per heavy atom. The molecule has 0 radical (unpaired) electrons. The van der Waals surface area contributed by atoms with Gasteiger partial charge in [0.2, 0.25) is 0 Å². The molecule has 0 aliphatic rings. The standard InChI is InChI=1S/C20H16ClFN6OS/c1-28(2)19(29)11-3-5-12(6-4-11)26-20-27-18-16(30-20)17(23-10-24-18)25-13-7-8-15(22)14(21)9-13/h3-10H,1-2H3,(H2,23,24,25,26,27). The fourth-order valence-corrected chi connectivity index (χ4v) is 3.75. The summed E-state index contributed by atoms with van der Waals surface area (Å²) in [5.41, 5.74) is 2.51. The zero-order valence-corrected chi connectivity index (χ0v) is 17.6. The molecule has 0 unspecified atom stereocenters. The number of thiazole rings is 1. The largest absolute Gasteiger partial charge is 0.345 e. The van der Waals surface area contributed by atoms with E-state index in [1.165, 1.54) is 34.7 Å². The van der Waals surface area contributed by atoms with Crippen LogP contribution in [0.2, 0.25) is 5.02 Å². The first kappa shape index (κ1) is 20.0. The number of hydrogen-bond donors (Lipinski definition) is 2. The summed E-state index contributed by atoms with van der Waals surface area (Å²) in [6, 6.07) is 11.5. The zero-order chi connectivity index (χ0) is 21.3. The molecule has 4 rings (SSSR count). The highest BCUT2D eigenvalue weighted by Gasteiger charge is 2.13. The molecule has 30 heavy (non-hydrogen) atoms. The first-order valence-corrected chi connectivity index (χ1v) is 10.0. The lowest BCUT2D eigenvalue weighted by Gasteiger charge is -2.10. The van der Waals surface area contributed by atoms with Crippen molar-refractivity contribution < 1.29 is 9.18 Å². The number of fused-ring (bicyclic) bond motifs is 1. The van der Waals surface area contributed by atoms with Crippen LogP contribution in [-0.2, 0) is 0 Å². The summed E-state index contributed by atoms with van der Waals surface area (Å²) in [6.45, 7) is 0. The van der Waals surface area contributed by atoms with E-state index in [1.54, 1.807) is 32.3 Å². The molecule has 0 saturated heterocycles. The van der Waals surface area contributed by atoms with Crippen molar-refractivity contribution in [2.45, 2.75) is 0 Å². The summed E-state index contributed by atoms with van der Waals surface area (Å²) in [5, 5.41) is 6.98. The highest BCUT2D eigenvalue weighted by atomic mass is 35.5. The zero-order valence-electron chi connectivity index (χ0n) is 16.0. The number of nitrogens with one attached hydrogen (secondary N) is 2. The quantitative estimate of drug-likeness (QED) is 0.449. The molecule has 0 fully saturated rings. The molecule has 0 spiro atoms. The molecule has 2 aromatic heterocycles. The minimum Gasteiger partial charge on any atom is -0.345 e. The Morgan fingerprint density at radius 3 is 2.50 bits per heavy atom.